The van der Waals surface area contributed by atoms with Crippen molar-refractivity contribution < 1.29 is 4.79 Å². The molecule has 0 aliphatic heterocycles. The summed E-state index contributed by atoms with van der Waals surface area (Å²) in [5.74, 6) is -0.289. The minimum Gasteiger partial charge on any atom is -0.362 e. The van der Waals surface area contributed by atoms with Gasteiger partial charge < -0.3 is 5.32 Å². The van der Waals surface area contributed by atoms with Gasteiger partial charge in [-0.2, -0.15) is 0 Å². The zero-order chi connectivity index (χ0) is 12.0. The van der Waals surface area contributed by atoms with Gasteiger partial charge in [0.15, 0.2) is 5.11 Å². The van der Waals surface area contributed by atoms with Gasteiger partial charge in [0.25, 0.3) is 5.91 Å². The van der Waals surface area contributed by atoms with Gasteiger partial charge in [-0.15, -0.1) is 0 Å². The molecule has 0 aromatic heterocycles. The van der Waals surface area contributed by atoms with Gasteiger partial charge >= 0.3 is 0 Å². The fourth-order valence-corrected chi connectivity index (χ4v) is 1.41. The second kappa shape index (κ2) is 6.30. The maximum absolute atomic E-state index is 11.6. The van der Waals surface area contributed by atoms with Crippen LogP contribution >= 0.6 is 23.8 Å². The highest BCUT2D eigenvalue weighted by Crippen LogP contribution is 2.09. The molecular formula is C10H12ClN3OS. The molecule has 0 spiro atoms. The molecule has 86 valence electrons. The monoisotopic (exact) mass is 257 g/mol. The molecule has 0 atom stereocenters. The van der Waals surface area contributed by atoms with E-state index in [1.807, 2.05) is 6.92 Å². The summed E-state index contributed by atoms with van der Waals surface area (Å²) in [4.78, 5) is 11.6. The molecule has 0 aliphatic rings. The van der Waals surface area contributed by atoms with E-state index in [0.717, 1.165) is 0 Å². The highest BCUT2D eigenvalue weighted by atomic mass is 35.5. The van der Waals surface area contributed by atoms with Crippen LogP contribution in [0.5, 0.6) is 0 Å². The van der Waals surface area contributed by atoms with Crippen molar-refractivity contribution in [2.24, 2.45) is 0 Å². The number of halogens is 1. The lowest BCUT2D eigenvalue weighted by atomic mass is 10.2. The molecule has 0 fully saturated rings. The van der Waals surface area contributed by atoms with E-state index >= 15 is 0 Å². The first kappa shape index (κ1) is 12.7. The first-order chi connectivity index (χ1) is 7.63. The van der Waals surface area contributed by atoms with Crippen molar-refractivity contribution in [1.29, 1.82) is 0 Å². The van der Waals surface area contributed by atoms with Crippen LogP contribution in [-0.4, -0.2) is 17.6 Å². The molecule has 1 aromatic rings. The van der Waals surface area contributed by atoms with Crippen LogP contribution in [0.2, 0.25) is 5.02 Å². The summed E-state index contributed by atoms with van der Waals surface area (Å²) in [5, 5.41) is 3.73. The van der Waals surface area contributed by atoms with Crippen LogP contribution in [-0.2, 0) is 0 Å². The molecule has 4 nitrogen and oxygen atoms in total. The molecule has 16 heavy (non-hydrogen) atoms. The number of thiocarbonyl (C=S) groups is 1. The normalized spacial score (nSPS) is 9.38. The lowest BCUT2D eigenvalue weighted by Gasteiger charge is -2.10. The number of rotatable bonds is 2. The number of hydrogen-bond donors (Lipinski definition) is 3. The second-order valence-corrected chi connectivity index (χ2v) is 3.79. The summed E-state index contributed by atoms with van der Waals surface area (Å²) in [6.45, 7) is 2.60. The molecule has 1 rings (SSSR count). The Morgan fingerprint density at radius 1 is 1.44 bits per heavy atom. The number of hydrazine groups is 1. The largest absolute Gasteiger partial charge is 0.362 e. The highest BCUT2D eigenvalue weighted by Gasteiger charge is 2.05. The molecule has 0 heterocycles. The Balaban J connectivity index is 2.50. The van der Waals surface area contributed by atoms with Crippen molar-refractivity contribution in [2.75, 3.05) is 6.54 Å². The van der Waals surface area contributed by atoms with E-state index in [-0.39, 0.29) is 5.91 Å². The quantitative estimate of drug-likeness (QED) is 0.555. The fourth-order valence-electron chi connectivity index (χ4n) is 1.02. The Bertz CT molecular complexity index is 397. The lowest BCUT2D eigenvalue weighted by Crippen LogP contribution is -2.46. The van der Waals surface area contributed by atoms with Gasteiger partial charge in [-0.3, -0.25) is 15.6 Å². The number of nitrogens with one attached hydrogen (secondary N) is 3. The summed E-state index contributed by atoms with van der Waals surface area (Å²) in [6, 6.07) is 6.66. The molecule has 0 saturated carbocycles. The van der Waals surface area contributed by atoms with E-state index in [1.54, 1.807) is 24.3 Å². The third-order valence-electron chi connectivity index (χ3n) is 1.71. The van der Waals surface area contributed by atoms with Gasteiger partial charge in [0.2, 0.25) is 0 Å². The standard InChI is InChI=1S/C10H12ClN3OS/c1-2-12-10(16)14-13-9(15)7-4-3-5-8(11)6-7/h3-6H,2H2,1H3,(H,13,15)(H2,12,14,16). The highest BCUT2D eigenvalue weighted by molar-refractivity contribution is 7.80. The van der Waals surface area contributed by atoms with Crippen LogP contribution in [0.3, 0.4) is 0 Å². The van der Waals surface area contributed by atoms with Crippen molar-refractivity contribution in [3.05, 3.63) is 34.9 Å². The zero-order valence-corrected chi connectivity index (χ0v) is 10.3. The summed E-state index contributed by atoms with van der Waals surface area (Å²) in [5.41, 5.74) is 5.51. The smallest absolute Gasteiger partial charge is 0.269 e. The Hall–Kier alpha value is -1.33. The topological polar surface area (TPSA) is 53.2 Å². The maximum Gasteiger partial charge on any atom is 0.269 e. The van der Waals surface area contributed by atoms with E-state index in [2.05, 4.69) is 16.2 Å². The number of hydrogen-bond acceptors (Lipinski definition) is 2. The minimum atomic E-state index is -0.289. The van der Waals surface area contributed by atoms with Gasteiger partial charge in [0.1, 0.15) is 0 Å². The van der Waals surface area contributed by atoms with E-state index in [4.69, 9.17) is 23.8 Å². The molecular weight excluding hydrogens is 246 g/mol. The predicted octanol–water partition coefficient (Wildman–Crippen LogP) is 1.47. The molecule has 0 aliphatic carbocycles. The first-order valence-electron chi connectivity index (χ1n) is 4.73. The second-order valence-electron chi connectivity index (χ2n) is 2.95. The molecule has 0 unspecified atom stereocenters. The van der Waals surface area contributed by atoms with Gasteiger partial charge in [-0.05, 0) is 37.3 Å². The van der Waals surface area contributed by atoms with Crippen LogP contribution in [0, 0.1) is 0 Å². The maximum atomic E-state index is 11.6. The third-order valence-corrected chi connectivity index (χ3v) is 2.20. The predicted molar refractivity (Wildman–Crippen MR) is 68.3 cm³/mol. The molecule has 3 N–H and O–H groups in total. The van der Waals surface area contributed by atoms with Crippen LogP contribution in [0.4, 0.5) is 0 Å². The summed E-state index contributed by atoms with van der Waals surface area (Å²) < 4.78 is 0. The van der Waals surface area contributed by atoms with Gasteiger partial charge in [0, 0.05) is 17.1 Å². The lowest BCUT2D eigenvalue weighted by molar-refractivity contribution is 0.0943. The molecule has 0 bridgehead atoms. The molecule has 0 saturated heterocycles. The van der Waals surface area contributed by atoms with Gasteiger partial charge in [-0.25, -0.2) is 0 Å². The Morgan fingerprint density at radius 3 is 2.81 bits per heavy atom. The number of amides is 1. The molecule has 1 aromatic carbocycles. The van der Waals surface area contributed by atoms with Crippen LogP contribution in [0.1, 0.15) is 17.3 Å². The van der Waals surface area contributed by atoms with Gasteiger partial charge in [0.05, 0.1) is 0 Å². The Kier molecular flexibility index (Phi) is 5.01. The number of carbonyl (C=O) groups excluding carboxylic acids is 1. The molecule has 6 heteroatoms. The number of carbonyl (C=O) groups is 1. The van der Waals surface area contributed by atoms with Crippen molar-refractivity contribution in [3.8, 4) is 0 Å². The van der Waals surface area contributed by atoms with E-state index < -0.39 is 0 Å². The van der Waals surface area contributed by atoms with Crippen molar-refractivity contribution in [2.45, 2.75) is 6.92 Å². The average molecular weight is 258 g/mol. The molecule has 1 amide bonds. The fraction of sp³-hybridized carbons (Fsp3) is 0.200. The van der Waals surface area contributed by atoms with Crippen LogP contribution in [0.15, 0.2) is 24.3 Å². The summed E-state index contributed by atoms with van der Waals surface area (Å²) in [7, 11) is 0. The molecule has 0 radical (unpaired) electrons. The SMILES string of the molecule is CCNC(=S)NNC(=O)c1cccc(Cl)c1. The Morgan fingerprint density at radius 2 is 2.19 bits per heavy atom. The summed E-state index contributed by atoms with van der Waals surface area (Å²) >= 11 is 10.6. The third kappa shape index (κ3) is 4.04. The average Bonchev–Trinajstić information content (AvgIpc) is 2.26. The van der Waals surface area contributed by atoms with Crippen molar-refractivity contribution in [1.82, 2.24) is 16.2 Å². The van der Waals surface area contributed by atoms with Crippen LogP contribution < -0.4 is 16.2 Å². The van der Waals surface area contributed by atoms with E-state index in [0.29, 0.717) is 22.2 Å². The van der Waals surface area contributed by atoms with Crippen molar-refractivity contribution >= 4 is 34.8 Å². The number of benzene rings is 1. The van der Waals surface area contributed by atoms with E-state index in [9.17, 15) is 4.79 Å². The van der Waals surface area contributed by atoms with Crippen molar-refractivity contribution in [3.63, 3.8) is 0 Å². The van der Waals surface area contributed by atoms with Crippen LogP contribution in [0.25, 0.3) is 0 Å². The summed E-state index contributed by atoms with van der Waals surface area (Å²) in [6.07, 6.45) is 0. The Labute approximate surface area is 104 Å². The zero-order valence-electron chi connectivity index (χ0n) is 8.71. The minimum absolute atomic E-state index is 0.289. The van der Waals surface area contributed by atoms with Gasteiger partial charge in [-0.1, -0.05) is 17.7 Å². The van der Waals surface area contributed by atoms with E-state index in [1.165, 1.54) is 0 Å². The first-order valence-corrected chi connectivity index (χ1v) is 5.52.